The van der Waals surface area contributed by atoms with Gasteiger partial charge in [-0.05, 0) is 36.4 Å². The smallest absolute Gasteiger partial charge is 0.264 e. The van der Waals surface area contributed by atoms with Crippen LogP contribution in [0.5, 0.6) is 5.75 Å². The fraction of sp³-hybridized carbons (Fsp3) is 0.0909. The second kappa shape index (κ2) is 10.6. The molecule has 0 aromatic heterocycles. The molecule has 10 heteroatoms. The van der Waals surface area contributed by atoms with Gasteiger partial charge in [-0.15, -0.1) is 0 Å². The van der Waals surface area contributed by atoms with Crippen molar-refractivity contribution in [1.29, 1.82) is 0 Å². The van der Waals surface area contributed by atoms with E-state index >= 15 is 0 Å². The van der Waals surface area contributed by atoms with Crippen LogP contribution in [0, 0.1) is 0 Å². The number of amides is 1. The van der Waals surface area contributed by atoms with Gasteiger partial charge in [-0.25, -0.2) is 13.8 Å². The molecule has 166 valence electrons. The van der Waals surface area contributed by atoms with E-state index in [0.29, 0.717) is 5.75 Å². The van der Waals surface area contributed by atoms with E-state index in [1.165, 1.54) is 43.7 Å². The summed E-state index contributed by atoms with van der Waals surface area (Å²) in [5, 5.41) is 4.14. The van der Waals surface area contributed by atoms with Crippen molar-refractivity contribution in [2.24, 2.45) is 5.10 Å². The molecule has 0 aliphatic rings. The molecule has 0 saturated carbocycles. The van der Waals surface area contributed by atoms with E-state index in [1.54, 1.807) is 18.2 Å². The van der Waals surface area contributed by atoms with E-state index in [2.05, 4.69) is 26.5 Å². The predicted octanol–water partition coefficient (Wildman–Crippen LogP) is 4.46. The molecule has 0 spiro atoms. The number of halogens is 2. The Morgan fingerprint density at radius 2 is 1.81 bits per heavy atom. The number of benzene rings is 3. The standard InChI is InChI=1S/C22H19BrClN3O4S/c1-31-21-12-11-17(13-20(21)24)27(32(29,30)18-8-3-2-4-9-18)15-22(28)26-25-14-16-7-5-6-10-19(16)23/h2-14H,15H2,1H3,(H,26,28)/b25-14+. The Morgan fingerprint density at radius 3 is 2.47 bits per heavy atom. The number of ether oxygens (including phenoxy) is 1. The molecule has 1 N–H and O–H groups in total. The number of hydrazone groups is 1. The Hall–Kier alpha value is -2.88. The van der Waals surface area contributed by atoms with Crippen LogP contribution in [0.15, 0.2) is 87.3 Å². The quantitative estimate of drug-likeness (QED) is 0.340. The van der Waals surface area contributed by atoms with Crippen molar-refractivity contribution >= 4 is 55.4 Å². The summed E-state index contributed by atoms with van der Waals surface area (Å²) in [7, 11) is -2.60. The Morgan fingerprint density at radius 1 is 1.12 bits per heavy atom. The number of nitrogens with one attached hydrogen (secondary N) is 1. The number of sulfonamides is 1. The molecule has 3 aromatic carbocycles. The third-order valence-electron chi connectivity index (χ3n) is 4.34. The normalized spacial score (nSPS) is 11.3. The number of methoxy groups -OCH3 is 1. The minimum Gasteiger partial charge on any atom is -0.495 e. The molecule has 0 unspecified atom stereocenters. The van der Waals surface area contributed by atoms with Crippen LogP contribution in [0.1, 0.15) is 5.56 Å². The number of nitrogens with zero attached hydrogens (tertiary/aromatic N) is 2. The van der Waals surface area contributed by atoms with Crippen molar-refractivity contribution in [2.45, 2.75) is 4.90 Å². The van der Waals surface area contributed by atoms with Crippen LogP contribution in [-0.2, 0) is 14.8 Å². The molecule has 0 heterocycles. The highest BCUT2D eigenvalue weighted by Crippen LogP contribution is 2.31. The second-order valence-corrected chi connectivity index (χ2v) is 9.58. The highest BCUT2D eigenvalue weighted by atomic mass is 79.9. The van der Waals surface area contributed by atoms with Crippen LogP contribution in [-0.4, -0.2) is 34.2 Å². The molecular formula is C22H19BrClN3O4S. The minimum atomic E-state index is -4.06. The van der Waals surface area contributed by atoms with Crippen molar-refractivity contribution in [2.75, 3.05) is 18.0 Å². The van der Waals surface area contributed by atoms with Crippen molar-refractivity contribution in [1.82, 2.24) is 5.43 Å². The largest absolute Gasteiger partial charge is 0.495 e. The summed E-state index contributed by atoms with van der Waals surface area (Å²) in [4.78, 5) is 12.6. The number of rotatable bonds is 8. The third kappa shape index (κ3) is 5.67. The van der Waals surface area contributed by atoms with Crippen molar-refractivity contribution in [3.63, 3.8) is 0 Å². The predicted molar refractivity (Wildman–Crippen MR) is 129 cm³/mol. The van der Waals surface area contributed by atoms with Gasteiger partial charge in [0.15, 0.2) is 0 Å². The number of carbonyl (C=O) groups excluding carboxylic acids is 1. The molecule has 0 fully saturated rings. The topological polar surface area (TPSA) is 88.1 Å². The highest BCUT2D eigenvalue weighted by molar-refractivity contribution is 9.10. The van der Waals surface area contributed by atoms with Crippen LogP contribution in [0.2, 0.25) is 5.02 Å². The van der Waals surface area contributed by atoms with Gasteiger partial charge in [0.05, 0.1) is 28.9 Å². The zero-order valence-corrected chi connectivity index (χ0v) is 20.1. The number of carbonyl (C=O) groups is 1. The van der Waals surface area contributed by atoms with E-state index in [1.807, 2.05) is 24.3 Å². The fourth-order valence-corrected chi connectivity index (χ4v) is 4.84. The molecule has 0 aliphatic heterocycles. The van der Waals surface area contributed by atoms with Crippen molar-refractivity contribution < 1.29 is 17.9 Å². The molecule has 0 aliphatic carbocycles. The maximum atomic E-state index is 13.3. The summed E-state index contributed by atoms with van der Waals surface area (Å²) < 4.78 is 33.5. The van der Waals surface area contributed by atoms with Crippen LogP contribution >= 0.6 is 27.5 Å². The molecule has 0 atom stereocenters. The zero-order chi connectivity index (χ0) is 23.1. The van der Waals surface area contributed by atoms with E-state index in [9.17, 15) is 13.2 Å². The van der Waals surface area contributed by atoms with E-state index in [0.717, 1.165) is 14.3 Å². The third-order valence-corrected chi connectivity index (χ3v) is 7.15. The Bertz CT molecular complexity index is 1240. The highest BCUT2D eigenvalue weighted by Gasteiger charge is 2.27. The van der Waals surface area contributed by atoms with Gasteiger partial charge in [0.1, 0.15) is 12.3 Å². The average Bonchev–Trinajstić information content (AvgIpc) is 2.79. The number of hydrogen-bond acceptors (Lipinski definition) is 5. The maximum absolute atomic E-state index is 13.3. The van der Waals surface area contributed by atoms with Gasteiger partial charge < -0.3 is 4.74 Å². The summed E-state index contributed by atoms with van der Waals surface area (Å²) in [6.45, 7) is -0.507. The van der Waals surface area contributed by atoms with Crippen molar-refractivity contribution in [3.8, 4) is 5.75 Å². The fourth-order valence-electron chi connectivity index (χ4n) is 2.76. The SMILES string of the molecule is COc1ccc(N(CC(=O)N/N=C/c2ccccc2Br)S(=O)(=O)c2ccccc2)cc1Cl. The molecule has 3 rings (SSSR count). The maximum Gasteiger partial charge on any atom is 0.264 e. The zero-order valence-electron chi connectivity index (χ0n) is 16.9. The lowest BCUT2D eigenvalue weighted by molar-refractivity contribution is -0.119. The van der Waals surface area contributed by atoms with Gasteiger partial charge in [0.25, 0.3) is 15.9 Å². The molecule has 0 radical (unpaired) electrons. The van der Waals surface area contributed by atoms with E-state index in [4.69, 9.17) is 16.3 Å². The molecule has 32 heavy (non-hydrogen) atoms. The number of anilines is 1. The van der Waals surface area contributed by atoms with Gasteiger partial charge in [-0.2, -0.15) is 5.10 Å². The summed E-state index contributed by atoms with van der Waals surface area (Å²) >= 11 is 9.59. The van der Waals surface area contributed by atoms with Gasteiger partial charge in [-0.1, -0.05) is 63.9 Å². The summed E-state index contributed by atoms with van der Waals surface area (Å²) in [5.41, 5.74) is 3.33. The summed E-state index contributed by atoms with van der Waals surface area (Å²) in [6.07, 6.45) is 1.46. The lowest BCUT2D eigenvalue weighted by Crippen LogP contribution is -2.39. The van der Waals surface area contributed by atoms with Crippen LogP contribution in [0.4, 0.5) is 5.69 Å². The van der Waals surface area contributed by atoms with Crippen LogP contribution < -0.4 is 14.5 Å². The number of hydrogen-bond donors (Lipinski definition) is 1. The Labute approximate surface area is 199 Å². The first-order valence-electron chi connectivity index (χ1n) is 9.30. The second-order valence-electron chi connectivity index (χ2n) is 6.46. The van der Waals surface area contributed by atoms with E-state index in [-0.39, 0.29) is 15.6 Å². The first-order chi connectivity index (χ1) is 15.3. The molecule has 0 bridgehead atoms. The molecule has 3 aromatic rings. The van der Waals surface area contributed by atoms with Gasteiger partial charge in [0.2, 0.25) is 0 Å². The lowest BCUT2D eigenvalue weighted by Gasteiger charge is -2.24. The molecule has 0 saturated heterocycles. The van der Waals surface area contributed by atoms with Crippen LogP contribution in [0.25, 0.3) is 0 Å². The average molecular weight is 537 g/mol. The van der Waals surface area contributed by atoms with Gasteiger partial charge in [0, 0.05) is 10.0 Å². The molecule has 7 nitrogen and oxygen atoms in total. The van der Waals surface area contributed by atoms with E-state index < -0.39 is 22.5 Å². The minimum absolute atomic E-state index is 0.0384. The summed E-state index contributed by atoms with van der Waals surface area (Å²) in [5.74, 6) is -0.241. The Kier molecular flexibility index (Phi) is 7.89. The van der Waals surface area contributed by atoms with Gasteiger partial charge in [-0.3, -0.25) is 9.10 Å². The monoisotopic (exact) mass is 535 g/mol. The summed E-state index contributed by atoms with van der Waals surface area (Å²) in [6, 6.07) is 19.6. The lowest BCUT2D eigenvalue weighted by atomic mass is 10.2. The van der Waals surface area contributed by atoms with Gasteiger partial charge >= 0.3 is 0 Å². The van der Waals surface area contributed by atoms with Crippen LogP contribution in [0.3, 0.4) is 0 Å². The molecule has 1 amide bonds. The first kappa shape index (κ1) is 23.8. The first-order valence-corrected chi connectivity index (χ1v) is 11.9. The van der Waals surface area contributed by atoms with Crippen molar-refractivity contribution in [3.05, 3.63) is 87.9 Å². The molecular weight excluding hydrogens is 518 g/mol. The Balaban J connectivity index is 1.88.